The molecule has 2 fully saturated rings. The number of amides is 1. The molecule has 2 saturated heterocycles. The van der Waals surface area contributed by atoms with Gasteiger partial charge < -0.3 is 15.0 Å². The number of carbonyl (C=O) groups is 1. The molecule has 0 radical (unpaired) electrons. The number of anilines is 1. The van der Waals surface area contributed by atoms with Gasteiger partial charge in [-0.1, -0.05) is 0 Å². The van der Waals surface area contributed by atoms with E-state index in [1.165, 1.54) is 0 Å². The maximum atomic E-state index is 12.3. The van der Waals surface area contributed by atoms with Crippen molar-refractivity contribution >= 4 is 22.8 Å². The second kappa shape index (κ2) is 7.35. The Morgan fingerprint density at radius 1 is 1.24 bits per heavy atom. The summed E-state index contributed by atoms with van der Waals surface area (Å²) in [5, 5.41) is 11.1. The summed E-state index contributed by atoms with van der Waals surface area (Å²) < 4.78 is 5.34. The SMILES string of the molecule is O=C(CC1CCN(c2ncnc3[nH]ncc23)CC1)NC1CCOCC1. The monoisotopic (exact) mass is 344 g/mol. The number of fused-ring (bicyclic) bond motifs is 1. The molecule has 25 heavy (non-hydrogen) atoms. The normalized spacial score (nSPS) is 20.1. The highest BCUT2D eigenvalue weighted by molar-refractivity contribution is 5.86. The molecule has 2 aliphatic rings. The molecule has 0 unspecified atom stereocenters. The van der Waals surface area contributed by atoms with Crippen molar-refractivity contribution in [1.29, 1.82) is 0 Å². The number of carbonyl (C=O) groups excluding carboxylic acids is 1. The van der Waals surface area contributed by atoms with Crippen LogP contribution in [0.5, 0.6) is 0 Å². The number of rotatable bonds is 4. The molecule has 0 bridgehead atoms. The first kappa shape index (κ1) is 16.3. The zero-order valence-corrected chi connectivity index (χ0v) is 14.3. The minimum Gasteiger partial charge on any atom is -0.381 e. The van der Waals surface area contributed by atoms with E-state index in [1.807, 2.05) is 0 Å². The van der Waals surface area contributed by atoms with Crippen molar-refractivity contribution in [2.24, 2.45) is 5.92 Å². The van der Waals surface area contributed by atoms with E-state index >= 15 is 0 Å². The average molecular weight is 344 g/mol. The maximum Gasteiger partial charge on any atom is 0.220 e. The summed E-state index contributed by atoms with van der Waals surface area (Å²) in [6, 6.07) is 0.289. The molecule has 1 amide bonds. The van der Waals surface area contributed by atoms with Gasteiger partial charge in [0, 0.05) is 38.8 Å². The molecule has 8 heteroatoms. The Hall–Kier alpha value is -2.22. The van der Waals surface area contributed by atoms with Crippen LogP contribution in [-0.2, 0) is 9.53 Å². The molecule has 8 nitrogen and oxygen atoms in total. The van der Waals surface area contributed by atoms with Gasteiger partial charge in [-0.05, 0) is 31.6 Å². The maximum absolute atomic E-state index is 12.3. The Kier molecular flexibility index (Phi) is 4.78. The number of hydrogen-bond donors (Lipinski definition) is 2. The zero-order valence-electron chi connectivity index (χ0n) is 14.3. The largest absolute Gasteiger partial charge is 0.381 e. The Bertz CT molecular complexity index is 719. The van der Waals surface area contributed by atoms with E-state index < -0.39 is 0 Å². The van der Waals surface area contributed by atoms with Crippen molar-refractivity contribution in [2.45, 2.75) is 38.1 Å². The molecule has 0 aromatic carbocycles. The number of H-pyrrole nitrogens is 1. The smallest absolute Gasteiger partial charge is 0.220 e. The van der Waals surface area contributed by atoms with Crippen LogP contribution in [0.4, 0.5) is 5.82 Å². The minimum absolute atomic E-state index is 0.185. The van der Waals surface area contributed by atoms with Crippen LogP contribution < -0.4 is 10.2 Å². The van der Waals surface area contributed by atoms with E-state index in [0.29, 0.717) is 12.3 Å². The summed E-state index contributed by atoms with van der Waals surface area (Å²) in [6.07, 6.45) is 7.84. The molecule has 134 valence electrons. The summed E-state index contributed by atoms with van der Waals surface area (Å²) in [5.41, 5.74) is 0.767. The highest BCUT2D eigenvalue weighted by Crippen LogP contribution is 2.27. The van der Waals surface area contributed by atoms with Crippen LogP contribution in [0.2, 0.25) is 0 Å². The van der Waals surface area contributed by atoms with Crippen molar-refractivity contribution in [3.8, 4) is 0 Å². The Labute approximate surface area is 146 Å². The number of piperidine rings is 1. The third-order valence-electron chi connectivity index (χ3n) is 5.20. The van der Waals surface area contributed by atoms with Gasteiger partial charge in [0.15, 0.2) is 5.65 Å². The summed E-state index contributed by atoms with van der Waals surface area (Å²) >= 11 is 0. The van der Waals surface area contributed by atoms with Crippen molar-refractivity contribution < 1.29 is 9.53 Å². The molecule has 2 aromatic rings. The van der Waals surface area contributed by atoms with E-state index in [-0.39, 0.29) is 11.9 Å². The van der Waals surface area contributed by atoms with Crippen LogP contribution >= 0.6 is 0 Å². The second-order valence-electron chi connectivity index (χ2n) is 6.92. The molecule has 2 aromatic heterocycles. The molecule has 0 spiro atoms. The van der Waals surface area contributed by atoms with Gasteiger partial charge in [0.2, 0.25) is 5.91 Å². The quantitative estimate of drug-likeness (QED) is 0.867. The van der Waals surface area contributed by atoms with Gasteiger partial charge in [0.1, 0.15) is 12.1 Å². The fourth-order valence-corrected chi connectivity index (χ4v) is 3.74. The minimum atomic E-state index is 0.185. The summed E-state index contributed by atoms with van der Waals surface area (Å²) in [7, 11) is 0. The van der Waals surface area contributed by atoms with Gasteiger partial charge >= 0.3 is 0 Å². The number of aromatic nitrogens is 4. The molecule has 4 rings (SSSR count). The molecular weight excluding hydrogens is 320 g/mol. The first-order chi connectivity index (χ1) is 12.3. The lowest BCUT2D eigenvalue weighted by atomic mass is 9.93. The summed E-state index contributed by atoms with van der Waals surface area (Å²) in [4.78, 5) is 23.2. The highest BCUT2D eigenvalue weighted by Gasteiger charge is 2.25. The molecule has 0 atom stereocenters. The molecule has 2 N–H and O–H groups in total. The topological polar surface area (TPSA) is 96.0 Å². The van der Waals surface area contributed by atoms with Gasteiger partial charge in [0.05, 0.1) is 11.6 Å². The Morgan fingerprint density at radius 3 is 2.84 bits per heavy atom. The van der Waals surface area contributed by atoms with E-state index in [1.54, 1.807) is 12.5 Å². The fourth-order valence-electron chi connectivity index (χ4n) is 3.74. The lowest BCUT2D eigenvalue weighted by molar-refractivity contribution is -0.123. The van der Waals surface area contributed by atoms with Crippen LogP contribution in [-0.4, -0.2) is 58.4 Å². The average Bonchev–Trinajstić information content (AvgIpc) is 3.12. The predicted molar refractivity (Wildman–Crippen MR) is 93.2 cm³/mol. The highest BCUT2D eigenvalue weighted by atomic mass is 16.5. The van der Waals surface area contributed by atoms with Gasteiger partial charge in [0.25, 0.3) is 0 Å². The van der Waals surface area contributed by atoms with E-state index in [0.717, 1.165) is 68.8 Å². The molecule has 0 aliphatic carbocycles. The first-order valence-electron chi connectivity index (χ1n) is 9.06. The number of hydrogen-bond acceptors (Lipinski definition) is 6. The molecule has 4 heterocycles. The van der Waals surface area contributed by atoms with Crippen LogP contribution in [0.15, 0.2) is 12.5 Å². The number of aromatic amines is 1. The fraction of sp³-hybridized carbons (Fsp3) is 0.647. The van der Waals surface area contributed by atoms with Crippen LogP contribution in [0.1, 0.15) is 32.1 Å². The number of nitrogens with one attached hydrogen (secondary N) is 2. The van der Waals surface area contributed by atoms with Crippen LogP contribution in [0, 0.1) is 5.92 Å². The zero-order chi connectivity index (χ0) is 17.1. The second-order valence-corrected chi connectivity index (χ2v) is 6.92. The van der Waals surface area contributed by atoms with Crippen molar-refractivity contribution in [1.82, 2.24) is 25.5 Å². The van der Waals surface area contributed by atoms with Gasteiger partial charge in [-0.3, -0.25) is 9.89 Å². The predicted octanol–water partition coefficient (Wildman–Crippen LogP) is 1.25. The lowest BCUT2D eigenvalue weighted by Crippen LogP contribution is -2.41. The standard InChI is InChI=1S/C17H24N6O2/c24-15(21-13-3-7-25-8-4-13)9-12-1-5-23(6-2-12)17-14-10-20-22-16(14)18-11-19-17/h10-13H,1-9H2,(H,21,24)(H,18,19,20,22). The lowest BCUT2D eigenvalue weighted by Gasteiger charge is -2.33. The molecular formula is C17H24N6O2. The Morgan fingerprint density at radius 2 is 2.04 bits per heavy atom. The summed E-state index contributed by atoms with van der Waals surface area (Å²) in [5.74, 6) is 1.56. The third kappa shape index (κ3) is 3.73. The Balaban J connectivity index is 1.29. The van der Waals surface area contributed by atoms with Crippen molar-refractivity contribution in [3.05, 3.63) is 12.5 Å². The van der Waals surface area contributed by atoms with Gasteiger partial charge in [-0.2, -0.15) is 5.10 Å². The van der Waals surface area contributed by atoms with E-state index in [9.17, 15) is 4.79 Å². The third-order valence-corrected chi connectivity index (χ3v) is 5.20. The van der Waals surface area contributed by atoms with Gasteiger partial charge in [-0.15, -0.1) is 0 Å². The number of nitrogens with zero attached hydrogens (tertiary/aromatic N) is 4. The first-order valence-corrected chi connectivity index (χ1v) is 9.06. The molecule has 2 aliphatic heterocycles. The van der Waals surface area contributed by atoms with Crippen LogP contribution in [0.25, 0.3) is 11.0 Å². The van der Waals surface area contributed by atoms with E-state index in [4.69, 9.17) is 4.74 Å². The summed E-state index contributed by atoms with van der Waals surface area (Å²) in [6.45, 7) is 3.33. The molecule has 0 saturated carbocycles. The van der Waals surface area contributed by atoms with Crippen molar-refractivity contribution in [3.63, 3.8) is 0 Å². The van der Waals surface area contributed by atoms with Crippen LogP contribution in [0.3, 0.4) is 0 Å². The van der Waals surface area contributed by atoms with Gasteiger partial charge in [-0.25, -0.2) is 9.97 Å². The van der Waals surface area contributed by atoms with E-state index in [2.05, 4.69) is 30.4 Å². The number of ether oxygens (including phenoxy) is 1. The van der Waals surface area contributed by atoms with Crippen molar-refractivity contribution in [2.75, 3.05) is 31.2 Å².